The second-order valence-corrected chi connectivity index (χ2v) is 10.0. The first-order valence-electron chi connectivity index (χ1n) is 12.3. The van der Waals surface area contributed by atoms with Gasteiger partial charge in [-0.1, -0.05) is 42.5 Å². The van der Waals surface area contributed by atoms with Gasteiger partial charge in [0, 0.05) is 11.5 Å². The van der Waals surface area contributed by atoms with Crippen LogP contribution in [0.5, 0.6) is 17.2 Å². The fourth-order valence-corrected chi connectivity index (χ4v) is 6.17. The molecule has 0 radical (unpaired) electrons. The number of imide groups is 1. The summed E-state index contributed by atoms with van der Waals surface area (Å²) in [5, 5.41) is 0. The Kier molecular flexibility index (Phi) is 4.61. The van der Waals surface area contributed by atoms with E-state index in [2.05, 4.69) is 0 Å². The molecule has 3 heterocycles. The Bertz CT molecular complexity index is 1560. The van der Waals surface area contributed by atoms with E-state index in [0.717, 1.165) is 27.8 Å². The predicted molar refractivity (Wildman–Crippen MR) is 134 cm³/mol. The molecule has 2 amide bonds. The Morgan fingerprint density at radius 2 is 1.59 bits per heavy atom. The molecule has 1 fully saturated rings. The van der Waals surface area contributed by atoms with E-state index < -0.39 is 29.6 Å². The Labute approximate surface area is 213 Å². The lowest BCUT2D eigenvalue weighted by Gasteiger charge is -2.38. The highest BCUT2D eigenvalue weighted by Gasteiger charge is 2.60. The molecular formula is C30H23NO6. The normalized spacial score (nSPS) is 25.3. The number of anilines is 1. The van der Waals surface area contributed by atoms with Gasteiger partial charge in [0.05, 0.1) is 23.4 Å². The molecule has 3 aromatic carbocycles. The number of carbonyl (C=O) groups excluding carboxylic acids is 3. The van der Waals surface area contributed by atoms with E-state index in [1.165, 1.54) is 4.90 Å². The van der Waals surface area contributed by atoms with E-state index in [1.54, 1.807) is 12.1 Å². The van der Waals surface area contributed by atoms with E-state index in [-0.39, 0.29) is 18.6 Å². The van der Waals surface area contributed by atoms with Crippen LogP contribution in [0.15, 0.2) is 66.7 Å². The first-order valence-corrected chi connectivity index (χ1v) is 12.3. The zero-order chi connectivity index (χ0) is 25.4. The summed E-state index contributed by atoms with van der Waals surface area (Å²) >= 11 is 0. The lowest BCUT2D eigenvalue weighted by molar-refractivity contribution is -0.142. The summed E-state index contributed by atoms with van der Waals surface area (Å²) in [5.41, 5.74) is 4.63. The Balaban J connectivity index is 1.44. The number of benzene rings is 3. The van der Waals surface area contributed by atoms with Gasteiger partial charge in [-0.05, 0) is 60.4 Å². The molecule has 3 aliphatic heterocycles. The third kappa shape index (κ3) is 3.10. The summed E-state index contributed by atoms with van der Waals surface area (Å²) in [6, 6.07) is 18.6. The van der Waals surface area contributed by atoms with E-state index in [1.807, 2.05) is 68.5 Å². The first-order chi connectivity index (χ1) is 17.9. The lowest BCUT2D eigenvalue weighted by Crippen LogP contribution is -2.42. The van der Waals surface area contributed by atoms with Crippen LogP contribution in [0, 0.1) is 31.6 Å². The van der Waals surface area contributed by atoms with Crippen molar-refractivity contribution >= 4 is 29.0 Å². The average molecular weight is 494 g/mol. The minimum atomic E-state index is -0.885. The molecular weight excluding hydrogens is 470 g/mol. The summed E-state index contributed by atoms with van der Waals surface area (Å²) in [7, 11) is 0. The second kappa shape index (κ2) is 7.80. The van der Waals surface area contributed by atoms with Crippen molar-refractivity contribution in [3.05, 3.63) is 89.0 Å². The van der Waals surface area contributed by atoms with Crippen LogP contribution in [0.2, 0.25) is 0 Å². The van der Waals surface area contributed by atoms with Gasteiger partial charge in [-0.2, -0.15) is 0 Å². The largest absolute Gasteiger partial charge is 0.454 e. The molecule has 7 rings (SSSR count). The number of allylic oxidation sites excluding steroid dienone is 1. The lowest BCUT2D eigenvalue weighted by atomic mass is 9.64. The fraction of sp³-hybridized carbons (Fsp3) is 0.233. The average Bonchev–Trinajstić information content (AvgIpc) is 3.46. The molecule has 0 spiro atoms. The number of hydrogen-bond acceptors (Lipinski definition) is 6. The summed E-state index contributed by atoms with van der Waals surface area (Å²) in [6.07, 6.45) is 1.98. The predicted octanol–water partition coefficient (Wildman–Crippen LogP) is 4.55. The highest BCUT2D eigenvalue weighted by atomic mass is 16.7. The van der Waals surface area contributed by atoms with Crippen LogP contribution in [0.4, 0.5) is 5.69 Å². The van der Waals surface area contributed by atoms with Crippen LogP contribution in [0.25, 0.3) is 5.57 Å². The van der Waals surface area contributed by atoms with E-state index >= 15 is 0 Å². The Hall–Kier alpha value is -4.39. The van der Waals surface area contributed by atoms with E-state index in [4.69, 9.17) is 14.2 Å². The molecule has 7 nitrogen and oxygen atoms in total. The van der Waals surface area contributed by atoms with Crippen molar-refractivity contribution in [1.82, 2.24) is 0 Å². The number of para-hydroxylation sites is 1. The summed E-state index contributed by atoms with van der Waals surface area (Å²) < 4.78 is 16.8. The number of amides is 2. The van der Waals surface area contributed by atoms with Crippen LogP contribution >= 0.6 is 0 Å². The molecule has 1 saturated heterocycles. The summed E-state index contributed by atoms with van der Waals surface area (Å²) in [6.45, 7) is 3.93. The maximum atomic E-state index is 14.1. The van der Waals surface area contributed by atoms with Crippen molar-refractivity contribution in [2.45, 2.75) is 19.8 Å². The smallest absolute Gasteiger partial charge is 0.319 e. The van der Waals surface area contributed by atoms with Gasteiger partial charge in [0.15, 0.2) is 11.5 Å². The third-order valence-electron chi connectivity index (χ3n) is 7.89. The van der Waals surface area contributed by atoms with Crippen molar-refractivity contribution in [2.75, 3.05) is 11.7 Å². The highest BCUT2D eigenvalue weighted by molar-refractivity contribution is 6.24. The summed E-state index contributed by atoms with van der Waals surface area (Å²) in [5.74, 6) is -2.44. The van der Waals surface area contributed by atoms with Gasteiger partial charge in [-0.15, -0.1) is 0 Å². The second-order valence-electron chi connectivity index (χ2n) is 10.0. The molecule has 0 bridgehead atoms. The van der Waals surface area contributed by atoms with Crippen LogP contribution in [-0.4, -0.2) is 24.6 Å². The molecule has 4 aliphatic rings. The molecule has 3 aromatic rings. The first kappa shape index (κ1) is 21.9. The molecule has 37 heavy (non-hydrogen) atoms. The van der Waals surface area contributed by atoms with Gasteiger partial charge in [-0.25, -0.2) is 4.90 Å². The maximum Gasteiger partial charge on any atom is 0.319 e. The number of rotatable bonds is 2. The molecule has 1 aliphatic carbocycles. The minimum absolute atomic E-state index is 0.135. The molecule has 0 aromatic heterocycles. The number of ether oxygens (including phenoxy) is 3. The number of esters is 1. The third-order valence-corrected chi connectivity index (χ3v) is 7.89. The van der Waals surface area contributed by atoms with Gasteiger partial charge < -0.3 is 14.2 Å². The number of carbonyl (C=O) groups is 3. The van der Waals surface area contributed by atoms with Gasteiger partial charge in [0.25, 0.3) is 0 Å². The van der Waals surface area contributed by atoms with Crippen LogP contribution in [0.3, 0.4) is 0 Å². The highest BCUT2D eigenvalue weighted by Crippen LogP contribution is 2.55. The van der Waals surface area contributed by atoms with Crippen molar-refractivity contribution in [2.24, 2.45) is 17.8 Å². The quantitative estimate of drug-likeness (QED) is 0.296. The van der Waals surface area contributed by atoms with Gasteiger partial charge >= 0.3 is 5.97 Å². The Morgan fingerprint density at radius 1 is 0.811 bits per heavy atom. The zero-order valence-electron chi connectivity index (χ0n) is 20.3. The molecule has 7 heteroatoms. The molecule has 4 atom stereocenters. The summed E-state index contributed by atoms with van der Waals surface area (Å²) in [4.78, 5) is 42.8. The topological polar surface area (TPSA) is 82.1 Å². The SMILES string of the molecule is Cc1ccc2c(c1)OC(=O)[C@@H]1C2=C[C@H](c2ccc3c(c2)OCO3)[C@H]2C(=O)N(c3ccccc3C)C(=O)[C@@H]12. The van der Waals surface area contributed by atoms with Gasteiger partial charge in [-0.3, -0.25) is 14.4 Å². The number of nitrogens with zero attached hydrogens (tertiary/aromatic N) is 1. The molecule has 184 valence electrons. The van der Waals surface area contributed by atoms with Crippen molar-refractivity contribution in [3.8, 4) is 17.2 Å². The van der Waals surface area contributed by atoms with Crippen molar-refractivity contribution in [3.63, 3.8) is 0 Å². The minimum Gasteiger partial charge on any atom is -0.454 e. The standard InChI is InChI=1S/C30H23NO6/c1-15-7-9-18-20-13-19(17-8-10-22-24(12-17)36-14-35-22)25-27(26(20)30(34)37-23(18)11-15)29(33)31(28(25)32)21-6-4-3-5-16(21)2/h3-13,19,25-27H,14H2,1-2H3/t19-,25-,26-,27-/m1/s1. The Morgan fingerprint density at radius 3 is 2.43 bits per heavy atom. The van der Waals surface area contributed by atoms with Gasteiger partial charge in [0.1, 0.15) is 5.75 Å². The molecule has 0 unspecified atom stereocenters. The van der Waals surface area contributed by atoms with Crippen LogP contribution in [0.1, 0.15) is 28.2 Å². The monoisotopic (exact) mass is 493 g/mol. The number of hydrogen-bond donors (Lipinski definition) is 0. The maximum absolute atomic E-state index is 14.1. The fourth-order valence-electron chi connectivity index (χ4n) is 6.17. The van der Waals surface area contributed by atoms with Gasteiger partial charge in [0.2, 0.25) is 18.6 Å². The van der Waals surface area contributed by atoms with Crippen molar-refractivity contribution in [1.29, 1.82) is 0 Å². The molecule has 0 N–H and O–H groups in total. The zero-order valence-corrected chi connectivity index (χ0v) is 20.3. The van der Waals surface area contributed by atoms with Crippen LogP contribution < -0.4 is 19.1 Å². The van der Waals surface area contributed by atoms with Crippen molar-refractivity contribution < 1.29 is 28.6 Å². The van der Waals surface area contributed by atoms with Crippen LogP contribution in [-0.2, 0) is 14.4 Å². The van der Waals surface area contributed by atoms with E-state index in [0.29, 0.717) is 22.9 Å². The molecule has 0 saturated carbocycles. The number of fused-ring (bicyclic) bond motifs is 6. The van der Waals surface area contributed by atoms with E-state index in [9.17, 15) is 14.4 Å². The number of aryl methyl sites for hydroxylation is 2.